The second-order valence-corrected chi connectivity index (χ2v) is 10.8. The second-order valence-electron chi connectivity index (χ2n) is 6.52. The van der Waals surface area contributed by atoms with Crippen LogP contribution in [0.15, 0.2) is 24.7 Å². The van der Waals surface area contributed by atoms with Crippen LogP contribution in [0, 0.1) is 5.92 Å². The average molecular weight is 312 g/mol. The first-order valence-corrected chi connectivity index (χ1v) is 10.2. The molecule has 21 heavy (non-hydrogen) atoms. The van der Waals surface area contributed by atoms with Crippen molar-refractivity contribution in [2.24, 2.45) is 5.92 Å². The zero-order valence-electron chi connectivity index (χ0n) is 13.0. The number of carbonyl (C=O) groups is 1. The molecule has 1 fully saturated rings. The second kappa shape index (κ2) is 5.99. The number of ether oxygens (including phenoxy) is 1. The Balaban J connectivity index is 2.06. The monoisotopic (exact) mass is 312 g/mol. The Morgan fingerprint density at radius 2 is 2.19 bits per heavy atom. The van der Waals surface area contributed by atoms with E-state index in [9.17, 15) is 9.90 Å². The van der Waals surface area contributed by atoms with Gasteiger partial charge >= 0.3 is 0 Å². The van der Waals surface area contributed by atoms with E-state index in [1.807, 2.05) is 6.92 Å². The predicted octanol–water partition coefficient (Wildman–Crippen LogP) is 1.22. The van der Waals surface area contributed by atoms with Gasteiger partial charge in [0.1, 0.15) is 12.0 Å². The zero-order valence-corrected chi connectivity index (χ0v) is 13.8. The van der Waals surface area contributed by atoms with Crippen LogP contribution in [0.25, 0.3) is 0 Å². The van der Waals surface area contributed by atoms with E-state index in [2.05, 4.69) is 31.5 Å². The fourth-order valence-corrected chi connectivity index (χ4v) is 3.60. The first-order valence-electron chi connectivity index (χ1n) is 7.16. The molecule has 0 aliphatic carbocycles. The van der Waals surface area contributed by atoms with Gasteiger partial charge in [-0.2, -0.15) is 0 Å². The first kappa shape index (κ1) is 16.3. The van der Waals surface area contributed by atoms with Crippen molar-refractivity contribution in [2.75, 3.05) is 19.5 Å². The normalized spacial score (nSPS) is 33.4. The number of nitrogens with one attached hydrogen (secondary N) is 1. The highest BCUT2D eigenvalue weighted by molar-refractivity contribution is 7.72. The number of nitrogens with zero attached hydrogens (tertiary/aromatic N) is 1. The van der Waals surface area contributed by atoms with Gasteiger partial charge in [0.15, 0.2) is 0 Å². The molecule has 1 amide bonds. The summed E-state index contributed by atoms with van der Waals surface area (Å²) < 4.78 is 6.03. The zero-order chi connectivity index (χ0) is 15.8. The number of hydrogen-bond acceptors (Lipinski definition) is 4. The maximum absolute atomic E-state index is 11.3. The summed E-state index contributed by atoms with van der Waals surface area (Å²) in [5.74, 6) is 0.234. The van der Waals surface area contributed by atoms with E-state index >= 15 is 0 Å². The molecule has 0 radical (unpaired) electrons. The van der Waals surface area contributed by atoms with E-state index < -0.39 is 13.0 Å². The van der Waals surface area contributed by atoms with Gasteiger partial charge in [-0.1, -0.05) is 13.5 Å². The predicted molar refractivity (Wildman–Crippen MR) is 87.5 cm³/mol. The van der Waals surface area contributed by atoms with Gasteiger partial charge in [0, 0.05) is 18.2 Å². The van der Waals surface area contributed by atoms with Gasteiger partial charge in [-0.3, -0.25) is 4.79 Å². The average Bonchev–Trinajstić information content (AvgIpc) is 2.64. The molecule has 5 nitrogen and oxygen atoms in total. The maximum atomic E-state index is 11.3. The smallest absolute Gasteiger partial charge is 0.250 e. The molecule has 6 heteroatoms. The maximum Gasteiger partial charge on any atom is 0.250 e. The highest BCUT2D eigenvalue weighted by atomic mass is 31.2. The SMILES string of the molecule is C=C1NC(=O)C=CN1[C@@H]1O[C@H](CCP(=C)(C)C)[C@@H](O)C1C. The largest absolute Gasteiger partial charge is 0.390 e. The molecule has 4 atom stereocenters. The molecule has 0 aromatic rings. The lowest BCUT2D eigenvalue weighted by atomic mass is 10.00. The van der Waals surface area contributed by atoms with Crippen LogP contribution in [0.1, 0.15) is 13.3 Å². The lowest BCUT2D eigenvalue weighted by Crippen LogP contribution is -2.43. The number of hydrogen-bond donors (Lipinski definition) is 2. The molecule has 0 bridgehead atoms. The van der Waals surface area contributed by atoms with Crippen molar-refractivity contribution in [1.29, 1.82) is 0 Å². The molecular formula is C15H25N2O3P. The van der Waals surface area contributed by atoms with E-state index in [4.69, 9.17) is 4.74 Å². The van der Waals surface area contributed by atoms with Gasteiger partial charge in [-0.15, -0.1) is 13.2 Å². The molecule has 1 saturated heterocycles. The summed E-state index contributed by atoms with van der Waals surface area (Å²) in [7, 11) is 0. The Morgan fingerprint density at radius 1 is 1.52 bits per heavy atom. The highest BCUT2D eigenvalue weighted by Gasteiger charge is 2.44. The number of carbonyl (C=O) groups excluding carboxylic acids is 1. The Kier molecular flexibility index (Phi) is 4.66. The molecule has 0 aromatic carbocycles. The van der Waals surface area contributed by atoms with E-state index in [0.29, 0.717) is 5.82 Å². The molecule has 1 unspecified atom stereocenters. The van der Waals surface area contributed by atoms with Crippen LogP contribution >= 0.6 is 6.89 Å². The lowest BCUT2D eigenvalue weighted by Gasteiger charge is -2.33. The summed E-state index contributed by atoms with van der Waals surface area (Å²) >= 11 is 0. The minimum atomic E-state index is -1.13. The van der Waals surface area contributed by atoms with Crippen LogP contribution in [0.2, 0.25) is 0 Å². The summed E-state index contributed by atoms with van der Waals surface area (Å²) in [6, 6.07) is 0. The third-order valence-electron chi connectivity index (χ3n) is 3.94. The Morgan fingerprint density at radius 3 is 2.76 bits per heavy atom. The number of aliphatic hydroxyl groups excluding tert-OH is 1. The molecule has 0 aromatic heterocycles. The van der Waals surface area contributed by atoms with Gasteiger partial charge in [0.2, 0.25) is 0 Å². The van der Waals surface area contributed by atoms with Crippen LogP contribution in [0.5, 0.6) is 0 Å². The minimum Gasteiger partial charge on any atom is -0.390 e. The van der Waals surface area contributed by atoms with Crippen LogP contribution in [-0.2, 0) is 9.53 Å². The van der Waals surface area contributed by atoms with Crippen LogP contribution in [0.3, 0.4) is 0 Å². The van der Waals surface area contributed by atoms with Crippen LogP contribution in [-0.4, -0.2) is 60.1 Å². The third kappa shape index (κ3) is 3.79. The fourth-order valence-electron chi connectivity index (χ4n) is 2.65. The number of amides is 1. The Hall–Kier alpha value is -1.03. The molecular weight excluding hydrogens is 287 g/mol. The molecule has 2 heterocycles. The van der Waals surface area contributed by atoms with Gasteiger partial charge in [-0.25, -0.2) is 0 Å². The van der Waals surface area contributed by atoms with Crippen molar-refractivity contribution >= 4 is 19.1 Å². The molecule has 0 saturated carbocycles. The van der Waals surface area contributed by atoms with Crippen LogP contribution in [0.4, 0.5) is 0 Å². The van der Waals surface area contributed by atoms with E-state index in [1.54, 1.807) is 11.1 Å². The molecule has 2 aliphatic heterocycles. The summed E-state index contributed by atoms with van der Waals surface area (Å²) in [4.78, 5) is 13.1. The van der Waals surface area contributed by atoms with Gasteiger partial charge in [0.05, 0.1) is 12.2 Å². The summed E-state index contributed by atoms with van der Waals surface area (Å²) in [6.07, 6.45) is 8.08. The number of aliphatic hydroxyl groups is 1. The van der Waals surface area contributed by atoms with Crippen molar-refractivity contribution in [1.82, 2.24) is 10.2 Å². The third-order valence-corrected chi connectivity index (χ3v) is 5.41. The molecule has 118 valence electrons. The van der Waals surface area contributed by atoms with Crippen molar-refractivity contribution in [3.05, 3.63) is 24.7 Å². The molecule has 2 aliphatic rings. The van der Waals surface area contributed by atoms with E-state index in [1.165, 1.54) is 6.08 Å². The van der Waals surface area contributed by atoms with Crippen molar-refractivity contribution in [3.8, 4) is 0 Å². The molecule has 2 rings (SSSR count). The van der Waals surface area contributed by atoms with Crippen LogP contribution < -0.4 is 5.32 Å². The molecule has 2 N–H and O–H groups in total. The van der Waals surface area contributed by atoms with E-state index in [-0.39, 0.29) is 24.2 Å². The van der Waals surface area contributed by atoms with Crippen molar-refractivity contribution in [2.45, 2.75) is 31.8 Å². The van der Waals surface area contributed by atoms with Crippen molar-refractivity contribution < 1.29 is 14.6 Å². The quantitative estimate of drug-likeness (QED) is 0.767. The Bertz CT molecular complexity index is 511. The Labute approximate surface area is 126 Å². The minimum absolute atomic E-state index is 0.0577. The molecule has 0 spiro atoms. The first-order chi connectivity index (χ1) is 9.69. The van der Waals surface area contributed by atoms with E-state index in [0.717, 1.165) is 12.6 Å². The fraction of sp³-hybridized carbons (Fsp3) is 0.600. The summed E-state index contributed by atoms with van der Waals surface area (Å²) in [6.45, 7) is 9.02. The van der Waals surface area contributed by atoms with Gasteiger partial charge in [-0.05, 0) is 25.9 Å². The summed E-state index contributed by atoms with van der Waals surface area (Å²) in [5, 5.41) is 13.0. The van der Waals surface area contributed by atoms with Gasteiger partial charge < -0.3 is 20.1 Å². The van der Waals surface area contributed by atoms with Gasteiger partial charge in [0.25, 0.3) is 5.91 Å². The highest BCUT2D eigenvalue weighted by Crippen LogP contribution is 2.39. The number of rotatable bonds is 4. The van der Waals surface area contributed by atoms with Crippen molar-refractivity contribution in [3.63, 3.8) is 0 Å². The lowest BCUT2D eigenvalue weighted by molar-refractivity contribution is -0.117. The topological polar surface area (TPSA) is 61.8 Å². The standard InChI is InChI=1S/C15H25N2O3P/c1-10-14(19)12(7-9-21(3,4)5)20-15(10)17-8-6-13(18)16-11(17)2/h6,8,10,12,14-15,19H,2-3,7,9H2,1,4-5H3,(H,16,18)/t10?,12-,14+,15-/m1/s1. The summed E-state index contributed by atoms with van der Waals surface area (Å²) in [5.41, 5.74) is 0.